The van der Waals surface area contributed by atoms with Crippen LogP contribution in [-0.2, 0) is 9.47 Å². The summed E-state index contributed by atoms with van der Waals surface area (Å²) in [7, 11) is 0. The topological polar surface area (TPSA) is 18.5 Å². The molecule has 1 fully saturated rings. The molecule has 1 aliphatic heterocycles. The summed E-state index contributed by atoms with van der Waals surface area (Å²) in [5.74, 6) is 2.29. The summed E-state index contributed by atoms with van der Waals surface area (Å²) in [6.07, 6.45) is 2.20. The SMILES string of the molecule is CCCOC1CCSCCO1. The molecule has 1 heterocycles. The van der Waals surface area contributed by atoms with E-state index < -0.39 is 0 Å². The zero-order valence-corrected chi connectivity index (χ0v) is 7.86. The monoisotopic (exact) mass is 176 g/mol. The Labute approximate surface area is 72.6 Å². The van der Waals surface area contributed by atoms with Gasteiger partial charge in [-0.05, 0) is 12.2 Å². The first-order valence-electron chi connectivity index (χ1n) is 4.24. The number of hydrogen-bond acceptors (Lipinski definition) is 3. The van der Waals surface area contributed by atoms with E-state index in [0.717, 1.165) is 31.8 Å². The third kappa shape index (κ3) is 3.99. The molecule has 0 aromatic carbocycles. The quantitative estimate of drug-likeness (QED) is 0.654. The van der Waals surface area contributed by atoms with Crippen LogP contribution in [0, 0.1) is 0 Å². The number of rotatable bonds is 3. The van der Waals surface area contributed by atoms with E-state index in [9.17, 15) is 0 Å². The lowest BCUT2D eigenvalue weighted by molar-refractivity contribution is -0.137. The predicted molar refractivity (Wildman–Crippen MR) is 47.9 cm³/mol. The molecule has 0 aromatic rings. The highest BCUT2D eigenvalue weighted by atomic mass is 32.2. The van der Waals surface area contributed by atoms with E-state index in [2.05, 4.69) is 6.92 Å². The average molecular weight is 176 g/mol. The summed E-state index contributed by atoms with van der Waals surface area (Å²) >= 11 is 1.95. The van der Waals surface area contributed by atoms with Gasteiger partial charge in [0, 0.05) is 18.8 Å². The molecular formula is C8H16O2S. The molecule has 1 rings (SSSR count). The van der Waals surface area contributed by atoms with Crippen molar-refractivity contribution in [1.29, 1.82) is 0 Å². The Bertz CT molecular complexity index is 90.1. The summed E-state index contributed by atoms with van der Waals surface area (Å²) < 4.78 is 10.9. The maximum absolute atomic E-state index is 5.48. The Morgan fingerprint density at radius 3 is 3.27 bits per heavy atom. The molecule has 0 saturated carbocycles. The second-order valence-electron chi connectivity index (χ2n) is 2.57. The predicted octanol–water partition coefficient (Wildman–Crippen LogP) is 1.89. The van der Waals surface area contributed by atoms with Crippen LogP contribution in [0.25, 0.3) is 0 Å². The molecule has 1 atom stereocenters. The van der Waals surface area contributed by atoms with Crippen LogP contribution in [0.1, 0.15) is 19.8 Å². The van der Waals surface area contributed by atoms with Crippen molar-refractivity contribution in [2.45, 2.75) is 26.1 Å². The largest absolute Gasteiger partial charge is 0.353 e. The zero-order chi connectivity index (χ0) is 7.94. The molecule has 11 heavy (non-hydrogen) atoms. The van der Waals surface area contributed by atoms with Gasteiger partial charge in [0.1, 0.15) is 0 Å². The van der Waals surface area contributed by atoms with Crippen molar-refractivity contribution in [3.8, 4) is 0 Å². The van der Waals surface area contributed by atoms with Crippen LogP contribution in [0.5, 0.6) is 0 Å². The van der Waals surface area contributed by atoms with E-state index in [0.29, 0.717) is 0 Å². The molecule has 1 saturated heterocycles. The highest BCUT2D eigenvalue weighted by Gasteiger charge is 2.11. The van der Waals surface area contributed by atoms with E-state index in [1.54, 1.807) is 0 Å². The van der Waals surface area contributed by atoms with Gasteiger partial charge in [0.05, 0.1) is 6.61 Å². The molecule has 1 unspecified atom stereocenters. The van der Waals surface area contributed by atoms with Crippen LogP contribution in [0.15, 0.2) is 0 Å². The van der Waals surface area contributed by atoms with Crippen LogP contribution in [0.3, 0.4) is 0 Å². The van der Waals surface area contributed by atoms with Crippen molar-refractivity contribution in [2.24, 2.45) is 0 Å². The van der Waals surface area contributed by atoms with Crippen molar-refractivity contribution in [1.82, 2.24) is 0 Å². The second-order valence-corrected chi connectivity index (χ2v) is 3.80. The van der Waals surface area contributed by atoms with Gasteiger partial charge in [-0.1, -0.05) is 6.92 Å². The normalized spacial score (nSPS) is 26.5. The van der Waals surface area contributed by atoms with Gasteiger partial charge < -0.3 is 9.47 Å². The zero-order valence-electron chi connectivity index (χ0n) is 7.04. The molecule has 0 aromatic heterocycles. The van der Waals surface area contributed by atoms with Crippen LogP contribution >= 0.6 is 11.8 Å². The summed E-state index contributed by atoms with van der Waals surface area (Å²) in [5, 5.41) is 0. The molecule has 0 amide bonds. The Kier molecular flexibility index (Phi) is 4.99. The minimum atomic E-state index is 0.0740. The summed E-state index contributed by atoms with van der Waals surface area (Å²) in [5.41, 5.74) is 0. The van der Waals surface area contributed by atoms with Gasteiger partial charge in [0.25, 0.3) is 0 Å². The molecule has 0 spiro atoms. The fourth-order valence-corrected chi connectivity index (χ4v) is 1.76. The lowest BCUT2D eigenvalue weighted by Gasteiger charge is -2.14. The molecule has 2 nitrogen and oxygen atoms in total. The Balaban J connectivity index is 2.09. The molecule has 0 N–H and O–H groups in total. The van der Waals surface area contributed by atoms with E-state index in [1.807, 2.05) is 11.8 Å². The first-order valence-corrected chi connectivity index (χ1v) is 5.40. The van der Waals surface area contributed by atoms with E-state index in [4.69, 9.17) is 9.47 Å². The van der Waals surface area contributed by atoms with Gasteiger partial charge in [-0.3, -0.25) is 0 Å². The van der Waals surface area contributed by atoms with Crippen LogP contribution in [0.4, 0.5) is 0 Å². The Morgan fingerprint density at radius 2 is 2.45 bits per heavy atom. The fourth-order valence-electron chi connectivity index (χ4n) is 0.984. The molecule has 0 aliphatic carbocycles. The van der Waals surface area contributed by atoms with E-state index in [-0.39, 0.29) is 6.29 Å². The van der Waals surface area contributed by atoms with E-state index >= 15 is 0 Å². The van der Waals surface area contributed by atoms with Crippen LogP contribution < -0.4 is 0 Å². The fraction of sp³-hybridized carbons (Fsp3) is 1.00. The highest BCUT2D eigenvalue weighted by Crippen LogP contribution is 2.13. The summed E-state index contributed by atoms with van der Waals surface area (Å²) in [4.78, 5) is 0. The molecule has 3 heteroatoms. The van der Waals surface area contributed by atoms with Gasteiger partial charge in [-0.25, -0.2) is 0 Å². The standard InChI is InChI=1S/C8H16O2S/c1-2-4-9-8-3-6-11-7-5-10-8/h8H,2-7H2,1H3. The number of ether oxygens (including phenoxy) is 2. The lowest BCUT2D eigenvalue weighted by atomic mass is 10.4. The maximum Gasteiger partial charge on any atom is 0.158 e. The number of hydrogen-bond donors (Lipinski definition) is 0. The minimum absolute atomic E-state index is 0.0740. The van der Waals surface area contributed by atoms with Gasteiger partial charge in [0.15, 0.2) is 6.29 Å². The summed E-state index contributed by atoms with van der Waals surface area (Å²) in [6.45, 7) is 3.79. The molecular weight excluding hydrogens is 160 g/mol. The molecule has 66 valence electrons. The Morgan fingerprint density at radius 1 is 1.55 bits per heavy atom. The smallest absolute Gasteiger partial charge is 0.158 e. The van der Waals surface area contributed by atoms with Crippen molar-refractivity contribution in [2.75, 3.05) is 24.7 Å². The highest BCUT2D eigenvalue weighted by molar-refractivity contribution is 7.99. The molecule has 0 radical (unpaired) electrons. The first-order chi connectivity index (χ1) is 5.43. The second kappa shape index (κ2) is 5.86. The van der Waals surface area contributed by atoms with Crippen molar-refractivity contribution in [3.63, 3.8) is 0 Å². The van der Waals surface area contributed by atoms with Crippen LogP contribution in [0.2, 0.25) is 0 Å². The average Bonchev–Trinajstić information content (AvgIpc) is 2.28. The lowest BCUT2D eigenvalue weighted by Crippen LogP contribution is -2.17. The van der Waals surface area contributed by atoms with Crippen LogP contribution in [-0.4, -0.2) is 31.0 Å². The molecule has 1 aliphatic rings. The van der Waals surface area contributed by atoms with Crippen molar-refractivity contribution < 1.29 is 9.47 Å². The number of thioether (sulfide) groups is 1. The van der Waals surface area contributed by atoms with Gasteiger partial charge in [-0.15, -0.1) is 0 Å². The third-order valence-corrected chi connectivity index (χ3v) is 2.52. The van der Waals surface area contributed by atoms with Gasteiger partial charge in [-0.2, -0.15) is 11.8 Å². The molecule has 0 bridgehead atoms. The van der Waals surface area contributed by atoms with Crippen molar-refractivity contribution >= 4 is 11.8 Å². The summed E-state index contributed by atoms with van der Waals surface area (Å²) in [6, 6.07) is 0. The first kappa shape index (κ1) is 9.36. The third-order valence-electron chi connectivity index (χ3n) is 1.54. The van der Waals surface area contributed by atoms with Crippen molar-refractivity contribution in [3.05, 3.63) is 0 Å². The van der Waals surface area contributed by atoms with E-state index in [1.165, 1.54) is 5.75 Å². The van der Waals surface area contributed by atoms with Gasteiger partial charge >= 0.3 is 0 Å². The van der Waals surface area contributed by atoms with Gasteiger partial charge in [0.2, 0.25) is 0 Å². The maximum atomic E-state index is 5.48. The Hall–Kier alpha value is 0.270. The minimum Gasteiger partial charge on any atom is -0.353 e.